The number of benzene rings is 2. The van der Waals surface area contributed by atoms with E-state index in [0.717, 1.165) is 22.3 Å². The lowest BCUT2D eigenvalue weighted by Crippen LogP contribution is -2.23. The number of para-hydroxylation sites is 2. The Morgan fingerprint density at radius 3 is 2.78 bits per heavy atom. The minimum atomic E-state index is -0.356. The molecule has 0 aliphatic rings. The minimum absolute atomic E-state index is 0.0591. The van der Waals surface area contributed by atoms with E-state index >= 15 is 0 Å². The van der Waals surface area contributed by atoms with E-state index < -0.39 is 0 Å². The number of hydrogen-bond acceptors (Lipinski definition) is 8. The lowest BCUT2D eigenvalue weighted by molar-refractivity contribution is -0.121. The Balaban J connectivity index is 1.37. The van der Waals surface area contributed by atoms with Crippen molar-refractivity contribution in [3.63, 3.8) is 0 Å². The summed E-state index contributed by atoms with van der Waals surface area (Å²) in [5, 5.41) is 18.5. The molecule has 4 N–H and O–H groups in total. The number of fused-ring (bicyclic) bond motifs is 1. The van der Waals surface area contributed by atoms with Gasteiger partial charge in [0.05, 0.1) is 29.1 Å². The molecule has 0 saturated carbocycles. The number of aromatic nitrogens is 6. The van der Waals surface area contributed by atoms with E-state index in [4.69, 9.17) is 10.4 Å². The highest BCUT2D eigenvalue weighted by Gasteiger charge is 2.20. The van der Waals surface area contributed by atoms with Crippen molar-refractivity contribution in [2.75, 3.05) is 5.73 Å². The van der Waals surface area contributed by atoms with E-state index in [-0.39, 0.29) is 24.0 Å². The highest BCUT2D eigenvalue weighted by atomic mass is 16.6. The van der Waals surface area contributed by atoms with Crippen LogP contribution in [0.1, 0.15) is 5.56 Å². The summed E-state index contributed by atoms with van der Waals surface area (Å²) in [7, 11) is 0. The van der Waals surface area contributed by atoms with Crippen molar-refractivity contribution in [1.82, 2.24) is 35.5 Å². The molecule has 158 valence electrons. The zero-order chi connectivity index (χ0) is 21.9. The first-order valence-corrected chi connectivity index (χ1v) is 9.65. The number of amides is 1. The van der Waals surface area contributed by atoms with Crippen LogP contribution in [0, 0.1) is 0 Å². The topological polar surface area (TPSA) is 153 Å². The lowest BCUT2D eigenvalue weighted by atomic mass is 10.1. The average Bonchev–Trinajstić information content (AvgIpc) is 3.53. The van der Waals surface area contributed by atoms with Gasteiger partial charge in [0, 0.05) is 11.1 Å². The molecule has 0 radical (unpaired) electrons. The Morgan fingerprint density at radius 1 is 1.16 bits per heavy atom. The highest BCUT2D eigenvalue weighted by molar-refractivity contribution is 5.90. The Bertz CT molecular complexity index is 1420. The maximum Gasteiger partial charge on any atom is 0.260 e. The third-order valence-corrected chi connectivity index (χ3v) is 4.81. The van der Waals surface area contributed by atoms with Crippen LogP contribution >= 0.6 is 0 Å². The second-order valence-electron chi connectivity index (χ2n) is 6.87. The third-order valence-electron chi connectivity index (χ3n) is 4.81. The summed E-state index contributed by atoms with van der Waals surface area (Å²) in [5.41, 5.74) is 12.6. The molecule has 0 aliphatic carbocycles. The summed E-state index contributed by atoms with van der Waals surface area (Å²) in [6.45, 7) is -0.0591. The van der Waals surface area contributed by atoms with Gasteiger partial charge in [0.25, 0.3) is 5.91 Å². The zero-order valence-corrected chi connectivity index (χ0v) is 16.6. The van der Waals surface area contributed by atoms with Crippen molar-refractivity contribution in [3.8, 4) is 22.8 Å². The van der Waals surface area contributed by atoms with Gasteiger partial charge < -0.3 is 10.3 Å². The standard InChI is InChI=1S/C21H17N9O2/c22-20-19(28-32-29-20)21-25-15-8-4-5-9-16(15)30(21)12-17(31)26-23-10-14-11-24-27-18(14)13-6-2-1-3-7-13/h1-11H,12H2,(H2,22,29)(H,24,27)(H,26,31)/b23-10+. The van der Waals surface area contributed by atoms with Crippen LogP contribution in [-0.2, 0) is 11.3 Å². The monoisotopic (exact) mass is 427 g/mol. The van der Waals surface area contributed by atoms with Gasteiger partial charge in [-0.05, 0) is 22.4 Å². The van der Waals surface area contributed by atoms with E-state index in [2.05, 4.69) is 36.0 Å². The van der Waals surface area contributed by atoms with Crippen molar-refractivity contribution >= 4 is 29.0 Å². The Labute approximate surface area is 180 Å². The molecule has 0 fully saturated rings. The SMILES string of the molecule is Nc1nonc1-c1nc2ccccc2n1CC(=O)N/N=C/c1cn[nH]c1-c1ccccc1. The largest absolute Gasteiger partial charge is 0.379 e. The van der Waals surface area contributed by atoms with Crippen molar-refractivity contribution in [1.29, 1.82) is 0 Å². The summed E-state index contributed by atoms with van der Waals surface area (Å²) in [6, 6.07) is 17.1. The predicted molar refractivity (Wildman–Crippen MR) is 117 cm³/mol. The molecule has 0 spiro atoms. The Morgan fingerprint density at radius 2 is 1.97 bits per heavy atom. The van der Waals surface area contributed by atoms with Crippen LogP contribution in [0.4, 0.5) is 5.82 Å². The van der Waals surface area contributed by atoms with Crippen LogP contribution in [-0.4, -0.2) is 42.2 Å². The van der Waals surface area contributed by atoms with E-state index in [0.29, 0.717) is 11.3 Å². The normalized spacial score (nSPS) is 11.4. The van der Waals surface area contributed by atoms with Crippen molar-refractivity contribution in [2.24, 2.45) is 5.10 Å². The quantitative estimate of drug-likeness (QED) is 0.277. The summed E-state index contributed by atoms with van der Waals surface area (Å²) in [4.78, 5) is 17.2. The number of rotatable bonds is 6. The molecule has 0 unspecified atom stereocenters. The zero-order valence-electron chi connectivity index (χ0n) is 16.6. The summed E-state index contributed by atoms with van der Waals surface area (Å²) in [6.07, 6.45) is 3.18. The number of hydrazone groups is 1. The number of nitrogens with two attached hydrogens (primary N) is 1. The highest BCUT2D eigenvalue weighted by Crippen LogP contribution is 2.26. The minimum Gasteiger partial charge on any atom is -0.379 e. The van der Waals surface area contributed by atoms with Gasteiger partial charge in [-0.25, -0.2) is 15.0 Å². The van der Waals surface area contributed by atoms with Gasteiger partial charge in [-0.1, -0.05) is 42.5 Å². The second-order valence-corrected chi connectivity index (χ2v) is 6.87. The molecule has 0 aliphatic heterocycles. The number of nitrogen functional groups attached to an aromatic ring is 1. The fourth-order valence-corrected chi connectivity index (χ4v) is 3.35. The molecule has 11 nitrogen and oxygen atoms in total. The van der Waals surface area contributed by atoms with Crippen LogP contribution < -0.4 is 11.2 Å². The van der Waals surface area contributed by atoms with Crippen molar-refractivity contribution in [2.45, 2.75) is 6.54 Å². The number of nitrogens with zero attached hydrogens (tertiary/aromatic N) is 6. The van der Waals surface area contributed by atoms with Gasteiger partial charge in [-0.2, -0.15) is 10.2 Å². The van der Waals surface area contributed by atoms with Gasteiger partial charge in [0.15, 0.2) is 17.3 Å². The molecule has 3 aromatic heterocycles. The molecule has 11 heteroatoms. The maximum absolute atomic E-state index is 12.7. The number of anilines is 1. The molecule has 0 atom stereocenters. The van der Waals surface area contributed by atoms with Crippen LogP contribution in [0.3, 0.4) is 0 Å². The maximum atomic E-state index is 12.7. The number of imidazole rings is 1. The van der Waals surface area contributed by atoms with Crippen molar-refractivity contribution < 1.29 is 9.42 Å². The van der Waals surface area contributed by atoms with Gasteiger partial charge in [-0.3, -0.25) is 9.89 Å². The molecule has 32 heavy (non-hydrogen) atoms. The van der Waals surface area contributed by atoms with Crippen LogP contribution in [0.15, 0.2) is 70.5 Å². The van der Waals surface area contributed by atoms with Crippen LogP contribution in [0.5, 0.6) is 0 Å². The molecule has 5 rings (SSSR count). The van der Waals surface area contributed by atoms with Crippen LogP contribution in [0.2, 0.25) is 0 Å². The molecule has 5 aromatic rings. The molecular weight excluding hydrogens is 410 g/mol. The van der Waals surface area contributed by atoms with E-state index in [1.807, 2.05) is 54.6 Å². The first-order chi connectivity index (χ1) is 15.7. The third kappa shape index (κ3) is 3.58. The molecule has 0 bridgehead atoms. The first kappa shape index (κ1) is 19.2. The number of hydrogen-bond donors (Lipinski definition) is 3. The van der Waals surface area contributed by atoms with Crippen LogP contribution in [0.25, 0.3) is 33.8 Å². The number of carbonyl (C=O) groups is 1. The summed E-state index contributed by atoms with van der Waals surface area (Å²) < 4.78 is 6.38. The number of aromatic amines is 1. The van der Waals surface area contributed by atoms with Gasteiger partial charge in [-0.15, -0.1) is 0 Å². The molecule has 0 saturated heterocycles. The van der Waals surface area contributed by atoms with E-state index in [9.17, 15) is 4.79 Å². The van der Waals surface area contributed by atoms with E-state index in [1.165, 1.54) is 6.21 Å². The number of nitrogens with one attached hydrogen (secondary N) is 2. The fraction of sp³-hybridized carbons (Fsp3) is 0.0476. The van der Waals surface area contributed by atoms with E-state index in [1.54, 1.807) is 10.8 Å². The fourth-order valence-electron chi connectivity index (χ4n) is 3.35. The molecule has 3 heterocycles. The van der Waals surface area contributed by atoms with Crippen molar-refractivity contribution in [3.05, 3.63) is 66.4 Å². The molecule has 2 aromatic carbocycles. The molecule has 1 amide bonds. The lowest BCUT2D eigenvalue weighted by Gasteiger charge is -2.06. The van der Waals surface area contributed by atoms with Gasteiger partial charge in [0.2, 0.25) is 0 Å². The number of carbonyl (C=O) groups excluding carboxylic acids is 1. The first-order valence-electron chi connectivity index (χ1n) is 9.65. The Kier molecular flexibility index (Phi) is 4.88. The number of H-pyrrole nitrogens is 1. The average molecular weight is 427 g/mol. The summed E-state index contributed by atoms with van der Waals surface area (Å²) >= 11 is 0. The smallest absolute Gasteiger partial charge is 0.260 e. The van der Waals surface area contributed by atoms with Gasteiger partial charge >= 0.3 is 0 Å². The molecular formula is C21H17N9O2. The predicted octanol–water partition coefficient (Wildman–Crippen LogP) is 2.21. The van der Waals surface area contributed by atoms with Gasteiger partial charge in [0.1, 0.15) is 6.54 Å². The summed E-state index contributed by atoms with van der Waals surface area (Å²) in [5.74, 6) is 0.115. The second kappa shape index (κ2) is 8.14. The Hall–Kier alpha value is -4.80.